The van der Waals surface area contributed by atoms with Gasteiger partial charge in [-0.05, 0) is 5.92 Å². The van der Waals surface area contributed by atoms with E-state index < -0.39 is 0 Å². The first-order chi connectivity index (χ1) is 5.09. The number of nitrogens with two attached hydrogens (primary N) is 1. The van der Waals surface area contributed by atoms with Gasteiger partial charge in [0, 0.05) is 12.7 Å². The Balaban J connectivity index is 0.00000121. The molecular formula is C7H13Cl2N3. The van der Waals surface area contributed by atoms with Gasteiger partial charge < -0.3 is 5.73 Å². The zero-order chi connectivity index (χ0) is 8.43. The molecule has 1 aromatic heterocycles. The van der Waals surface area contributed by atoms with Gasteiger partial charge >= 0.3 is 0 Å². The maximum absolute atomic E-state index is 5.70. The standard InChI is InChI=1S/C7H12ClN3.ClH/c1-5(2)3-11-4-6(8)7(9)10-11;/h4-5H,3H2,1-2H3,(H2,9,10);1H. The SMILES string of the molecule is CC(C)Cn1cc(Cl)c(N)n1.Cl. The van der Waals surface area contributed by atoms with Crippen LogP contribution in [0.1, 0.15) is 13.8 Å². The van der Waals surface area contributed by atoms with Crippen LogP contribution in [-0.4, -0.2) is 9.78 Å². The van der Waals surface area contributed by atoms with E-state index in [-0.39, 0.29) is 12.4 Å². The maximum Gasteiger partial charge on any atom is 0.164 e. The fraction of sp³-hybridized carbons (Fsp3) is 0.571. The van der Waals surface area contributed by atoms with E-state index in [0.717, 1.165) is 6.54 Å². The van der Waals surface area contributed by atoms with Gasteiger partial charge in [0.25, 0.3) is 0 Å². The molecule has 0 aliphatic carbocycles. The fourth-order valence-corrected chi connectivity index (χ4v) is 1.03. The molecule has 70 valence electrons. The highest BCUT2D eigenvalue weighted by molar-refractivity contribution is 6.32. The molecule has 1 aromatic rings. The Morgan fingerprint density at radius 1 is 1.67 bits per heavy atom. The van der Waals surface area contributed by atoms with Gasteiger partial charge in [0.2, 0.25) is 0 Å². The fourth-order valence-electron chi connectivity index (χ4n) is 0.880. The molecular weight excluding hydrogens is 197 g/mol. The minimum atomic E-state index is 0. The minimum Gasteiger partial charge on any atom is -0.381 e. The molecule has 0 radical (unpaired) electrons. The highest BCUT2D eigenvalue weighted by Crippen LogP contribution is 2.15. The molecule has 1 heterocycles. The summed E-state index contributed by atoms with van der Waals surface area (Å²) >= 11 is 5.70. The third kappa shape index (κ3) is 2.91. The number of aromatic nitrogens is 2. The zero-order valence-corrected chi connectivity index (χ0v) is 8.69. The maximum atomic E-state index is 5.70. The van der Waals surface area contributed by atoms with Crippen LogP contribution in [0, 0.1) is 5.92 Å². The Morgan fingerprint density at radius 3 is 2.58 bits per heavy atom. The zero-order valence-electron chi connectivity index (χ0n) is 7.12. The van der Waals surface area contributed by atoms with E-state index in [4.69, 9.17) is 17.3 Å². The highest BCUT2D eigenvalue weighted by Gasteiger charge is 2.03. The largest absolute Gasteiger partial charge is 0.381 e. The Bertz CT molecular complexity index is 225. The molecule has 0 fully saturated rings. The van der Waals surface area contributed by atoms with E-state index in [0.29, 0.717) is 16.8 Å². The number of anilines is 1. The predicted molar refractivity (Wildman–Crippen MR) is 53.7 cm³/mol. The van der Waals surface area contributed by atoms with Crippen molar-refractivity contribution in [3.8, 4) is 0 Å². The van der Waals surface area contributed by atoms with Crippen molar-refractivity contribution in [1.29, 1.82) is 0 Å². The summed E-state index contributed by atoms with van der Waals surface area (Å²) < 4.78 is 1.77. The lowest BCUT2D eigenvalue weighted by Crippen LogP contribution is -2.04. The third-order valence-electron chi connectivity index (χ3n) is 1.30. The van der Waals surface area contributed by atoms with Gasteiger partial charge in [-0.15, -0.1) is 12.4 Å². The molecule has 0 unspecified atom stereocenters. The van der Waals surface area contributed by atoms with Crippen molar-refractivity contribution in [1.82, 2.24) is 9.78 Å². The van der Waals surface area contributed by atoms with Crippen molar-refractivity contribution < 1.29 is 0 Å². The second kappa shape index (κ2) is 4.58. The average molecular weight is 210 g/mol. The number of rotatable bonds is 2. The molecule has 0 aromatic carbocycles. The van der Waals surface area contributed by atoms with Crippen LogP contribution in [-0.2, 0) is 6.54 Å². The van der Waals surface area contributed by atoms with E-state index in [2.05, 4.69) is 18.9 Å². The van der Waals surface area contributed by atoms with Gasteiger partial charge in [0.1, 0.15) is 5.02 Å². The smallest absolute Gasteiger partial charge is 0.164 e. The Labute approximate surface area is 83.3 Å². The Morgan fingerprint density at radius 2 is 2.25 bits per heavy atom. The van der Waals surface area contributed by atoms with Crippen LogP contribution >= 0.6 is 24.0 Å². The predicted octanol–water partition coefficient (Wildman–Crippen LogP) is 2.20. The third-order valence-corrected chi connectivity index (χ3v) is 1.59. The van der Waals surface area contributed by atoms with Gasteiger partial charge in [-0.2, -0.15) is 5.10 Å². The summed E-state index contributed by atoms with van der Waals surface area (Å²) in [6, 6.07) is 0. The van der Waals surface area contributed by atoms with Crippen molar-refractivity contribution in [3.63, 3.8) is 0 Å². The summed E-state index contributed by atoms with van der Waals surface area (Å²) in [5, 5.41) is 4.55. The molecule has 12 heavy (non-hydrogen) atoms. The van der Waals surface area contributed by atoms with Crippen molar-refractivity contribution in [2.75, 3.05) is 5.73 Å². The Hall–Kier alpha value is -0.410. The highest BCUT2D eigenvalue weighted by atomic mass is 35.5. The molecule has 0 spiro atoms. The molecule has 0 bridgehead atoms. The topological polar surface area (TPSA) is 43.8 Å². The normalized spacial score (nSPS) is 10.0. The second-order valence-corrected chi connectivity index (χ2v) is 3.39. The molecule has 0 amide bonds. The molecule has 0 saturated carbocycles. The number of halogens is 2. The Kier molecular flexibility index (Phi) is 4.42. The second-order valence-electron chi connectivity index (χ2n) is 2.98. The van der Waals surface area contributed by atoms with Crippen molar-refractivity contribution >= 4 is 29.8 Å². The number of nitrogen functional groups attached to an aromatic ring is 1. The average Bonchev–Trinajstić information content (AvgIpc) is 2.10. The summed E-state index contributed by atoms with van der Waals surface area (Å²) in [7, 11) is 0. The summed E-state index contributed by atoms with van der Waals surface area (Å²) in [4.78, 5) is 0. The number of nitrogens with zero attached hydrogens (tertiary/aromatic N) is 2. The first-order valence-corrected chi connectivity index (χ1v) is 3.96. The van der Waals surface area contributed by atoms with Crippen molar-refractivity contribution in [3.05, 3.63) is 11.2 Å². The molecule has 3 nitrogen and oxygen atoms in total. The summed E-state index contributed by atoms with van der Waals surface area (Å²) in [5.41, 5.74) is 5.45. The van der Waals surface area contributed by atoms with Gasteiger partial charge in [-0.1, -0.05) is 25.4 Å². The van der Waals surface area contributed by atoms with Gasteiger partial charge in [0.05, 0.1) is 0 Å². The van der Waals surface area contributed by atoms with E-state index in [1.807, 2.05) is 0 Å². The van der Waals surface area contributed by atoms with E-state index in [1.54, 1.807) is 10.9 Å². The monoisotopic (exact) mass is 209 g/mol. The molecule has 0 saturated heterocycles. The minimum absolute atomic E-state index is 0. The van der Waals surface area contributed by atoms with Crippen LogP contribution in [0.5, 0.6) is 0 Å². The lowest BCUT2D eigenvalue weighted by atomic mass is 10.2. The van der Waals surface area contributed by atoms with Crippen LogP contribution in [0.4, 0.5) is 5.82 Å². The van der Waals surface area contributed by atoms with E-state index in [9.17, 15) is 0 Å². The van der Waals surface area contributed by atoms with Crippen molar-refractivity contribution in [2.45, 2.75) is 20.4 Å². The number of hydrogen-bond acceptors (Lipinski definition) is 2. The molecule has 1 rings (SSSR count). The van der Waals surface area contributed by atoms with Crippen LogP contribution < -0.4 is 5.73 Å². The molecule has 2 N–H and O–H groups in total. The van der Waals surface area contributed by atoms with E-state index in [1.165, 1.54) is 0 Å². The summed E-state index contributed by atoms with van der Waals surface area (Å²) in [5.74, 6) is 0.970. The molecule has 0 atom stereocenters. The first kappa shape index (κ1) is 11.6. The summed E-state index contributed by atoms with van der Waals surface area (Å²) in [6.45, 7) is 5.09. The first-order valence-electron chi connectivity index (χ1n) is 3.58. The van der Waals surface area contributed by atoms with Crippen LogP contribution in [0.25, 0.3) is 0 Å². The van der Waals surface area contributed by atoms with E-state index >= 15 is 0 Å². The van der Waals surface area contributed by atoms with Gasteiger partial charge in [0.15, 0.2) is 5.82 Å². The number of hydrogen-bond donors (Lipinski definition) is 1. The lowest BCUT2D eigenvalue weighted by Gasteiger charge is -2.02. The molecule has 0 aliphatic heterocycles. The van der Waals surface area contributed by atoms with Gasteiger partial charge in [-0.3, -0.25) is 4.68 Å². The summed E-state index contributed by atoms with van der Waals surface area (Å²) in [6.07, 6.45) is 1.75. The molecule has 5 heteroatoms. The van der Waals surface area contributed by atoms with Crippen LogP contribution in [0.2, 0.25) is 5.02 Å². The lowest BCUT2D eigenvalue weighted by molar-refractivity contribution is 0.484. The quantitative estimate of drug-likeness (QED) is 0.813. The van der Waals surface area contributed by atoms with Crippen LogP contribution in [0.3, 0.4) is 0 Å². The van der Waals surface area contributed by atoms with Crippen LogP contribution in [0.15, 0.2) is 6.20 Å². The van der Waals surface area contributed by atoms with Gasteiger partial charge in [-0.25, -0.2) is 0 Å². The molecule has 0 aliphatic rings. The van der Waals surface area contributed by atoms with Crippen molar-refractivity contribution in [2.24, 2.45) is 5.92 Å².